The van der Waals surface area contributed by atoms with E-state index in [-0.39, 0.29) is 18.0 Å². The number of hydrogen-bond acceptors (Lipinski definition) is 4. The Morgan fingerprint density at radius 3 is 1.75 bits per heavy atom. The number of allylic oxidation sites excluding steroid dienone is 4. The molecule has 0 fully saturated rings. The molecule has 3 unspecified atom stereocenters. The molecule has 7 aromatic rings. The summed E-state index contributed by atoms with van der Waals surface area (Å²) in [6.45, 7) is 0.463. The average molecular weight is 777 g/mol. The highest BCUT2D eigenvalue weighted by Crippen LogP contribution is 2.39. The highest BCUT2D eigenvalue weighted by atomic mass is 14.9. The van der Waals surface area contributed by atoms with Crippen molar-refractivity contribution in [3.8, 4) is 0 Å². The number of nitrogens with one attached hydrogen (secondary N) is 2. The maximum absolute atomic E-state index is 6.73. The molecular weight excluding hydrogens is 729 g/mol. The largest absolute Gasteiger partial charge is 0.398 e. The Hall–Kier alpha value is -7.43. The molecule has 0 spiro atoms. The van der Waals surface area contributed by atoms with E-state index >= 15 is 0 Å². The minimum atomic E-state index is -0.107. The SMILES string of the molecule is NC(=CC(=NCc1cc(C2=CC(c3ccccc3)CC(c3ccccc3)N2)cc(C2C=C(c3ccccc3)C=C(c3ccccc3)N2)c1)c1ccccc1)c1ccccc1. The van der Waals surface area contributed by atoms with Gasteiger partial charge in [0.2, 0.25) is 0 Å². The molecule has 0 aromatic heterocycles. The second-order valence-corrected chi connectivity index (χ2v) is 15.5. The van der Waals surface area contributed by atoms with Crippen LogP contribution in [-0.4, -0.2) is 5.71 Å². The summed E-state index contributed by atoms with van der Waals surface area (Å²) in [7, 11) is 0. The van der Waals surface area contributed by atoms with Crippen molar-refractivity contribution in [1.82, 2.24) is 10.6 Å². The third-order valence-electron chi connectivity index (χ3n) is 11.4. The molecule has 4 nitrogen and oxygen atoms in total. The van der Waals surface area contributed by atoms with Crippen LogP contribution < -0.4 is 16.4 Å². The number of aliphatic imine (C=N–C) groups is 1. The molecular formula is C56H48N4. The first-order valence-electron chi connectivity index (χ1n) is 20.8. The molecule has 292 valence electrons. The zero-order valence-electron chi connectivity index (χ0n) is 33.5. The topological polar surface area (TPSA) is 62.4 Å². The van der Waals surface area contributed by atoms with Crippen LogP contribution in [0, 0.1) is 0 Å². The first kappa shape index (κ1) is 38.1. The van der Waals surface area contributed by atoms with Gasteiger partial charge in [0.25, 0.3) is 0 Å². The molecule has 2 aliphatic heterocycles. The van der Waals surface area contributed by atoms with Gasteiger partial charge in [-0.15, -0.1) is 0 Å². The minimum absolute atomic E-state index is 0.107. The highest BCUT2D eigenvalue weighted by Gasteiger charge is 2.26. The van der Waals surface area contributed by atoms with E-state index in [0.717, 1.165) is 56.9 Å². The van der Waals surface area contributed by atoms with Crippen LogP contribution in [0.4, 0.5) is 0 Å². The number of nitrogens with zero attached hydrogens (tertiary/aromatic N) is 1. The summed E-state index contributed by atoms with van der Waals surface area (Å²) in [5.74, 6) is 0.235. The van der Waals surface area contributed by atoms with E-state index in [1.54, 1.807) is 0 Å². The predicted molar refractivity (Wildman–Crippen MR) is 251 cm³/mol. The first-order chi connectivity index (χ1) is 29.6. The second kappa shape index (κ2) is 18.0. The van der Waals surface area contributed by atoms with Crippen molar-refractivity contribution in [2.45, 2.75) is 31.0 Å². The van der Waals surface area contributed by atoms with E-state index in [4.69, 9.17) is 10.7 Å². The molecule has 0 amide bonds. The van der Waals surface area contributed by atoms with Gasteiger partial charge >= 0.3 is 0 Å². The zero-order valence-corrected chi connectivity index (χ0v) is 33.5. The molecule has 7 aromatic carbocycles. The van der Waals surface area contributed by atoms with Crippen molar-refractivity contribution in [1.29, 1.82) is 0 Å². The van der Waals surface area contributed by atoms with E-state index in [1.165, 1.54) is 22.3 Å². The Balaban J connectivity index is 1.18. The normalized spacial score (nSPS) is 18.0. The molecule has 3 atom stereocenters. The molecule has 60 heavy (non-hydrogen) atoms. The fourth-order valence-electron chi connectivity index (χ4n) is 8.25. The van der Waals surface area contributed by atoms with Crippen molar-refractivity contribution in [3.05, 3.63) is 275 Å². The van der Waals surface area contributed by atoms with Gasteiger partial charge in [-0.2, -0.15) is 0 Å². The molecule has 9 rings (SSSR count). The van der Waals surface area contributed by atoms with Crippen LogP contribution in [-0.2, 0) is 6.54 Å². The van der Waals surface area contributed by atoms with Gasteiger partial charge in [0, 0.05) is 23.0 Å². The van der Waals surface area contributed by atoms with E-state index in [2.05, 4.69) is 181 Å². The van der Waals surface area contributed by atoms with Crippen molar-refractivity contribution in [2.24, 2.45) is 10.7 Å². The van der Waals surface area contributed by atoms with Gasteiger partial charge in [-0.3, -0.25) is 4.99 Å². The molecule has 2 heterocycles. The summed E-state index contributed by atoms with van der Waals surface area (Å²) < 4.78 is 0. The molecule has 0 bridgehead atoms. The minimum Gasteiger partial charge on any atom is -0.398 e. The summed E-state index contributed by atoms with van der Waals surface area (Å²) in [6.07, 6.45) is 10.0. The van der Waals surface area contributed by atoms with Gasteiger partial charge < -0.3 is 16.4 Å². The highest BCUT2D eigenvalue weighted by molar-refractivity contribution is 6.12. The van der Waals surface area contributed by atoms with E-state index < -0.39 is 0 Å². The summed E-state index contributed by atoms with van der Waals surface area (Å²) in [6, 6.07) is 70.4. The zero-order chi connectivity index (χ0) is 40.5. The molecule has 0 aliphatic carbocycles. The van der Waals surface area contributed by atoms with Gasteiger partial charge in [0.1, 0.15) is 0 Å². The molecule has 0 saturated heterocycles. The average Bonchev–Trinajstić information content (AvgIpc) is 3.34. The summed E-state index contributed by atoms with van der Waals surface area (Å²) in [5.41, 5.74) is 21.9. The summed E-state index contributed by atoms with van der Waals surface area (Å²) >= 11 is 0. The Kier molecular flexibility index (Phi) is 11.4. The van der Waals surface area contributed by atoms with Crippen LogP contribution in [0.3, 0.4) is 0 Å². The molecule has 4 heteroatoms. The fourth-order valence-corrected chi connectivity index (χ4v) is 8.25. The third-order valence-corrected chi connectivity index (χ3v) is 11.4. The van der Waals surface area contributed by atoms with Crippen molar-refractivity contribution >= 4 is 28.4 Å². The van der Waals surface area contributed by atoms with Crippen molar-refractivity contribution in [3.63, 3.8) is 0 Å². The van der Waals surface area contributed by atoms with E-state index in [9.17, 15) is 0 Å². The van der Waals surface area contributed by atoms with Crippen LogP contribution in [0.25, 0.3) is 22.7 Å². The Morgan fingerprint density at radius 2 is 1.10 bits per heavy atom. The fraction of sp³-hybridized carbons (Fsp3) is 0.0893. The lowest BCUT2D eigenvalue weighted by Crippen LogP contribution is -2.27. The number of benzene rings is 7. The van der Waals surface area contributed by atoms with Crippen LogP contribution in [0.15, 0.2) is 229 Å². The van der Waals surface area contributed by atoms with Crippen LogP contribution in [0.5, 0.6) is 0 Å². The Labute approximate surface area is 353 Å². The maximum Gasteiger partial charge on any atom is 0.0707 e. The lowest BCUT2D eigenvalue weighted by molar-refractivity contribution is 0.525. The summed E-state index contributed by atoms with van der Waals surface area (Å²) in [5, 5.41) is 7.93. The van der Waals surface area contributed by atoms with E-state index in [0.29, 0.717) is 12.2 Å². The number of rotatable bonds is 11. The van der Waals surface area contributed by atoms with Crippen molar-refractivity contribution in [2.75, 3.05) is 0 Å². The lowest BCUT2D eigenvalue weighted by atomic mass is 9.84. The van der Waals surface area contributed by atoms with Crippen LogP contribution in [0.2, 0.25) is 0 Å². The second-order valence-electron chi connectivity index (χ2n) is 15.5. The predicted octanol–water partition coefficient (Wildman–Crippen LogP) is 12.3. The quantitative estimate of drug-likeness (QED) is 0.115. The number of nitrogens with two attached hydrogens (primary N) is 1. The first-order valence-corrected chi connectivity index (χ1v) is 20.8. The van der Waals surface area contributed by atoms with Gasteiger partial charge in [-0.05, 0) is 92.4 Å². The molecule has 0 saturated carbocycles. The smallest absolute Gasteiger partial charge is 0.0707 e. The van der Waals surface area contributed by atoms with Crippen LogP contribution >= 0.6 is 0 Å². The van der Waals surface area contributed by atoms with E-state index in [1.807, 2.05) is 54.6 Å². The Bertz CT molecular complexity index is 2680. The van der Waals surface area contributed by atoms with Gasteiger partial charge in [0.05, 0.1) is 24.3 Å². The van der Waals surface area contributed by atoms with Gasteiger partial charge in [0.15, 0.2) is 0 Å². The molecule has 2 aliphatic rings. The Morgan fingerprint density at radius 1 is 0.533 bits per heavy atom. The summed E-state index contributed by atoms with van der Waals surface area (Å²) in [4.78, 5) is 5.33. The molecule has 0 radical (unpaired) electrons. The maximum atomic E-state index is 6.73. The van der Waals surface area contributed by atoms with Gasteiger partial charge in [-0.25, -0.2) is 0 Å². The molecule has 4 N–H and O–H groups in total. The van der Waals surface area contributed by atoms with Crippen molar-refractivity contribution < 1.29 is 0 Å². The standard InChI is InChI=1S/C56H48N4/c57-51(43-23-11-3-12-24-43)38-52(44-25-13-4-14-26-44)58-39-40-31-49(55-36-47(41-19-7-1-8-20-41)34-53(59-55)45-27-15-5-16-28-45)33-50(32-40)56-37-48(42-21-9-2-10-22-42)35-54(60-56)46-29-17-6-18-30-46/h1-34,36-38,48,54-55,59-60H,35,39,57H2. The lowest BCUT2D eigenvalue weighted by Gasteiger charge is -2.32. The monoisotopic (exact) mass is 776 g/mol. The number of hydrogen-bond donors (Lipinski definition) is 3. The van der Waals surface area contributed by atoms with Crippen LogP contribution in [0.1, 0.15) is 74.5 Å². The third kappa shape index (κ3) is 8.99. The van der Waals surface area contributed by atoms with Gasteiger partial charge in [-0.1, -0.05) is 194 Å². The number of dihydropyridines is 1.